The zero-order chi connectivity index (χ0) is 30.1. The fourth-order valence-electron chi connectivity index (χ4n) is 3.68. The highest BCUT2D eigenvalue weighted by atomic mass is 16.4. The Bertz CT molecular complexity index is 1730. The van der Waals surface area contributed by atoms with Crippen molar-refractivity contribution in [1.82, 2.24) is 35.2 Å². The molecule has 214 valence electrons. The number of nitrogen functional groups attached to an aromatic ring is 1. The summed E-state index contributed by atoms with van der Waals surface area (Å²) in [6.45, 7) is 0.231. The van der Waals surface area contributed by atoms with Gasteiger partial charge in [0.15, 0.2) is 11.2 Å². The van der Waals surface area contributed by atoms with E-state index in [1.165, 1.54) is 18.3 Å². The lowest BCUT2D eigenvalue weighted by Crippen LogP contribution is -2.41. The number of hydrogen-bond acceptors (Lipinski definition) is 11. The Balaban J connectivity index is 0.000000337. The number of H-pyrrole nitrogens is 1. The first kappa shape index (κ1) is 29.0. The number of aromatic nitrogens is 6. The smallest absolute Gasteiger partial charge is 0.326 e. The number of fused-ring (bicyclic) bond motifs is 2. The Morgan fingerprint density at radius 2 is 1.74 bits per heavy atom. The van der Waals surface area contributed by atoms with E-state index in [1.807, 2.05) is 30.5 Å². The van der Waals surface area contributed by atoms with Gasteiger partial charge in [-0.1, -0.05) is 18.2 Å². The number of nitrogens with one attached hydrogen (secondary N) is 3. The van der Waals surface area contributed by atoms with E-state index in [0.717, 1.165) is 10.9 Å². The van der Waals surface area contributed by atoms with Crippen LogP contribution in [0.15, 0.2) is 72.0 Å². The maximum absolute atomic E-state index is 12.3. The molecule has 15 heteroatoms. The third kappa shape index (κ3) is 7.78. The number of nitrogens with two attached hydrogens (primary N) is 1. The van der Waals surface area contributed by atoms with Crippen LogP contribution in [0, 0.1) is 0 Å². The Kier molecular flexibility index (Phi) is 9.24. The summed E-state index contributed by atoms with van der Waals surface area (Å²) in [5.74, 6) is -3.16. The number of carbonyl (C=O) groups is 3. The van der Waals surface area contributed by atoms with Gasteiger partial charge >= 0.3 is 11.9 Å². The Hall–Kier alpha value is -5.99. The zero-order valence-electron chi connectivity index (χ0n) is 21.9. The van der Waals surface area contributed by atoms with E-state index in [2.05, 4.69) is 40.5 Å². The molecule has 7 N–H and O–H groups in total. The minimum absolute atomic E-state index is 0.0524. The van der Waals surface area contributed by atoms with Crippen LogP contribution in [-0.4, -0.2) is 64.0 Å². The fraction of sp³-hybridized carbons (Fsp3) is 0.148. The third-order valence-corrected chi connectivity index (χ3v) is 5.77. The number of benzene rings is 2. The topological polar surface area (TPSA) is 239 Å². The molecule has 1 atom stereocenters. The summed E-state index contributed by atoms with van der Waals surface area (Å²) < 4.78 is 0. The van der Waals surface area contributed by atoms with Gasteiger partial charge in [-0.15, -0.1) is 0 Å². The van der Waals surface area contributed by atoms with Crippen LogP contribution in [0.2, 0.25) is 0 Å². The lowest BCUT2D eigenvalue weighted by molar-refractivity contribution is -0.140. The number of aromatic amines is 1. The number of anilines is 2. The van der Waals surface area contributed by atoms with Crippen LogP contribution in [0.3, 0.4) is 0 Å². The van der Waals surface area contributed by atoms with E-state index in [1.54, 1.807) is 18.5 Å². The van der Waals surface area contributed by atoms with Gasteiger partial charge in [0, 0.05) is 29.3 Å². The molecule has 1 amide bonds. The number of aliphatic carboxylic acids is 2. The van der Waals surface area contributed by atoms with E-state index in [9.17, 15) is 19.2 Å². The first-order valence-corrected chi connectivity index (χ1v) is 12.4. The highest BCUT2D eigenvalue weighted by Gasteiger charge is 2.21. The van der Waals surface area contributed by atoms with Crippen molar-refractivity contribution in [3.63, 3.8) is 0 Å². The second kappa shape index (κ2) is 13.4. The first-order chi connectivity index (χ1) is 20.2. The molecule has 2 aromatic carbocycles. The largest absolute Gasteiger partial charge is 0.481 e. The van der Waals surface area contributed by atoms with Gasteiger partial charge in [0.05, 0.1) is 24.0 Å². The van der Waals surface area contributed by atoms with Gasteiger partial charge in [0.25, 0.3) is 11.5 Å². The highest BCUT2D eigenvalue weighted by Crippen LogP contribution is 2.12. The molecule has 5 aromatic rings. The van der Waals surface area contributed by atoms with Crippen molar-refractivity contribution < 1.29 is 24.6 Å². The molecule has 5 rings (SSSR count). The Morgan fingerprint density at radius 3 is 2.45 bits per heavy atom. The molecule has 0 radical (unpaired) electrons. The van der Waals surface area contributed by atoms with Crippen LogP contribution in [0.5, 0.6) is 0 Å². The summed E-state index contributed by atoms with van der Waals surface area (Å²) in [6.07, 6.45) is 4.21. The maximum atomic E-state index is 12.3. The van der Waals surface area contributed by atoms with Crippen molar-refractivity contribution in [1.29, 1.82) is 0 Å². The van der Waals surface area contributed by atoms with Crippen LogP contribution >= 0.6 is 0 Å². The zero-order valence-corrected chi connectivity index (χ0v) is 21.9. The molecule has 0 aliphatic rings. The molecule has 0 bridgehead atoms. The molecule has 3 heterocycles. The number of hydrogen-bond donors (Lipinski definition) is 6. The summed E-state index contributed by atoms with van der Waals surface area (Å²) in [5.41, 5.74) is 7.47. The van der Waals surface area contributed by atoms with Crippen molar-refractivity contribution in [2.75, 3.05) is 11.1 Å². The molecule has 1 unspecified atom stereocenters. The third-order valence-electron chi connectivity index (χ3n) is 5.77. The Labute approximate surface area is 236 Å². The molecular weight excluding hydrogens is 546 g/mol. The number of carboxylic acids is 2. The average Bonchev–Trinajstić information content (AvgIpc) is 2.98. The van der Waals surface area contributed by atoms with Crippen LogP contribution < -0.4 is 21.9 Å². The quantitative estimate of drug-likeness (QED) is 0.147. The van der Waals surface area contributed by atoms with Gasteiger partial charge < -0.3 is 26.6 Å². The number of carbonyl (C=O) groups excluding carboxylic acids is 1. The van der Waals surface area contributed by atoms with Crippen molar-refractivity contribution in [2.24, 2.45) is 0 Å². The fourth-order valence-corrected chi connectivity index (χ4v) is 3.68. The standard InChI is InChI=1S/C19H19N7O6.C8H6N2/c20-19-25-15-14(17(30)26-19)23-11(8-22-15)7-21-10-3-1-9(2-4-10)16(29)24-12(18(31)32)5-6-13(27)28;1-2-4-8-7(3-1)5-9-6-10-8/h1-4,8,12,21H,5-7H2,(H,24,29)(H,27,28)(H,31,32)(H3,20,22,25,26,30);1-6H. The van der Waals surface area contributed by atoms with Crippen LogP contribution in [-0.2, 0) is 16.1 Å². The summed E-state index contributed by atoms with van der Waals surface area (Å²) >= 11 is 0. The number of carboxylic acid groups (broad SMARTS) is 2. The van der Waals surface area contributed by atoms with Crippen molar-refractivity contribution >= 4 is 51.5 Å². The van der Waals surface area contributed by atoms with Crippen LogP contribution in [0.4, 0.5) is 11.6 Å². The molecule has 0 saturated carbocycles. The van der Waals surface area contributed by atoms with Gasteiger partial charge in [-0.2, -0.15) is 4.98 Å². The van der Waals surface area contributed by atoms with Gasteiger partial charge in [-0.25, -0.2) is 24.7 Å². The molecule has 0 saturated heterocycles. The molecule has 0 aliphatic heterocycles. The summed E-state index contributed by atoms with van der Waals surface area (Å²) in [7, 11) is 0. The lowest BCUT2D eigenvalue weighted by atomic mass is 10.1. The van der Waals surface area contributed by atoms with Crippen molar-refractivity contribution in [2.45, 2.75) is 25.4 Å². The molecule has 0 aliphatic carbocycles. The molecule has 3 aromatic heterocycles. The molecule has 42 heavy (non-hydrogen) atoms. The van der Waals surface area contributed by atoms with E-state index >= 15 is 0 Å². The van der Waals surface area contributed by atoms with E-state index in [4.69, 9.17) is 15.9 Å². The van der Waals surface area contributed by atoms with Gasteiger partial charge in [0.2, 0.25) is 5.95 Å². The van der Waals surface area contributed by atoms with E-state index < -0.39 is 29.4 Å². The summed E-state index contributed by atoms with van der Waals surface area (Å²) in [5, 5.41) is 24.3. The monoisotopic (exact) mass is 571 g/mol. The van der Waals surface area contributed by atoms with Gasteiger partial charge in [-0.05, 0) is 36.8 Å². The summed E-state index contributed by atoms with van der Waals surface area (Å²) in [4.78, 5) is 68.5. The maximum Gasteiger partial charge on any atom is 0.326 e. The molecule has 0 fully saturated rings. The minimum Gasteiger partial charge on any atom is -0.481 e. The molecule has 0 spiro atoms. The number of para-hydroxylation sites is 1. The number of amides is 1. The van der Waals surface area contributed by atoms with Crippen molar-refractivity contribution in [3.8, 4) is 0 Å². The minimum atomic E-state index is -1.31. The molecular formula is C27H25N9O6. The van der Waals surface area contributed by atoms with Crippen LogP contribution in [0.25, 0.3) is 22.1 Å². The highest BCUT2D eigenvalue weighted by molar-refractivity contribution is 5.97. The van der Waals surface area contributed by atoms with Crippen molar-refractivity contribution in [3.05, 3.63) is 88.9 Å². The second-order valence-electron chi connectivity index (χ2n) is 8.79. The van der Waals surface area contributed by atoms with Crippen LogP contribution in [0.1, 0.15) is 28.9 Å². The van der Waals surface area contributed by atoms with E-state index in [-0.39, 0.29) is 42.1 Å². The normalized spacial score (nSPS) is 11.2. The average molecular weight is 572 g/mol. The predicted octanol–water partition coefficient (Wildman–Crippen LogP) is 1.59. The SMILES string of the molecule is Nc1nc2ncc(CNc3ccc(C(=O)NC(CCC(=O)O)C(=O)O)cc3)nc2c(=O)[nH]1.c1ccc2ncncc2c1. The van der Waals surface area contributed by atoms with Gasteiger partial charge in [0.1, 0.15) is 12.4 Å². The van der Waals surface area contributed by atoms with E-state index in [0.29, 0.717) is 11.4 Å². The number of nitrogens with zero attached hydrogens (tertiary/aromatic N) is 5. The second-order valence-corrected chi connectivity index (χ2v) is 8.79. The summed E-state index contributed by atoms with van der Waals surface area (Å²) in [6, 6.07) is 12.8. The molecule has 15 nitrogen and oxygen atoms in total. The predicted molar refractivity (Wildman–Crippen MR) is 151 cm³/mol. The lowest BCUT2D eigenvalue weighted by Gasteiger charge is -2.14. The van der Waals surface area contributed by atoms with Gasteiger partial charge in [-0.3, -0.25) is 19.4 Å². The number of rotatable bonds is 9. The Morgan fingerprint density at radius 1 is 0.976 bits per heavy atom. The first-order valence-electron chi connectivity index (χ1n) is 12.4.